The number of thioether (sulfide) groups is 1. The molecule has 1 N–H and O–H groups in total. The lowest BCUT2D eigenvalue weighted by atomic mass is 10.0. The van der Waals surface area contributed by atoms with Crippen molar-refractivity contribution in [2.45, 2.75) is 45.2 Å². The van der Waals surface area contributed by atoms with Gasteiger partial charge in [0.05, 0.1) is 16.5 Å². The van der Waals surface area contributed by atoms with Gasteiger partial charge in [-0.25, -0.2) is 0 Å². The maximum Gasteiger partial charge on any atom is 0.230 e. The predicted molar refractivity (Wildman–Crippen MR) is 130 cm³/mol. The maximum absolute atomic E-state index is 12.2. The number of carbonyl (C=O) groups excluding carboxylic acids is 1. The molecule has 164 valence electrons. The first kappa shape index (κ1) is 23.6. The van der Waals surface area contributed by atoms with Gasteiger partial charge in [0, 0.05) is 17.1 Å². The van der Waals surface area contributed by atoms with Crippen LogP contribution in [0.15, 0.2) is 41.6 Å². The van der Waals surface area contributed by atoms with E-state index in [0.717, 1.165) is 30.5 Å². The summed E-state index contributed by atoms with van der Waals surface area (Å²) in [4.78, 5) is 12.2. The van der Waals surface area contributed by atoms with Gasteiger partial charge in [-0.05, 0) is 48.6 Å². The third-order valence-corrected chi connectivity index (χ3v) is 6.38. The van der Waals surface area contributed by atoms with Crippen LogP contribution in [0.25, 0.3) is 17.1 Å². The number of para-hydroxylation sites is 1. The zero-order chi connectivity index (χ0) is 22.4. The van der Waals surface area contributed by atoms with Gasteiger partial charge < -0.3 is 5.32 Å². The number of amides is 1. The molecule has 0 spiro atoms. The SMILES string of the molecule is CCCNC(=O)CSc1nnc(-c2ccc(Cl)cc2Cl)n1-c1c(CC)cccc1CC. The topological polar surface area (TPSA) is 59.8 Å². The monoisotopic (exact) mass is 476 g/mol. The van der Waals surface area contributed by atoms with Gasteiger partial charge in [0.2, 0.25) is 5.91 Å². The number of nitrogens with one attached hydrogen (secondary N) is 1. The number of rotatable bonds is 9. The molecule has 5 nitrogen and oxygen atoms in total. The number of aryl methyl sites for hydroxylation is 2. The van der Waals surface area contributed by atoms with Crippen LogP contribution in [0.2, 0.25) is 10.0 Å². The van der Waals surface area contributed by atoms with Gasteiger partial charge in [-0.2, -0.15) is 0 Å². The van der Waals surface area contributed by atoms with Gasteiger partial charge in [0.1, 0.15) is 0 Å². The van der Waals surface area contributed by atoms with E-state index in [2.05, 4.69) is 47.6 Å². The van der Waals surface area contributed by atoms with E-state index in [4.69, 9.17) is 23.2 Å². The molecule has 1 aromatic heterocycles. The summed E-state index contributed by atoms with van der Waals surface area (Å²) < 4.78 is 2.03. The lowest BCUT2D eigenvalue weighted by molar-refractivity contribution is -0.118. The predicted octanol–water partition coefficient (Wildman–Crippen LogP) is 5.98. The molecule has 1 heterocycles. The molecule has 2 aromatic carbocycles. The fourth-order valence-corrected chi connectivity index (χ4v) is 4.62. The van der Waals surface area contributed by atoms with E-state index in [1.54, 1.807) is 12.1 Å². The molecule has 0 radical (unpaired) electrons. The molecule has 0 aliphatic carbocycles. The van der Waals surface area contributed by atoms with Crippen LogP contribution >= 0.6 is 35.0 Å². The first-order chi connectivity index (χ1) is 15.0. The van der Waals surface area contributed by atoms with Crippen LogP contribution in [-0.2, 0) is 17.6 Å². The van der Waals surface area contributed by atoms with Crippen LogP contribution < -0.4 is 5.32 Å². The summed E-state index contributed by atoms with van der Waals surface area (Å²) >= 11 is 14.0. The number of halogens is 2. The first-order valence-corrected chi connectivity index (χ1v) is 12.2. The summed E-state index contributed by atoms with van der Waals surface area (Å²) in [6.07, 6.45) is 2.61. The molecule has 0 aliphatic heterocycles. The number of hydrogen-bond acceptors (Lipinski definition) is 4. The Kier molecular flexibility index (Phi) is 8.41. The normalized spacial score (nSPS) is 11.0. The molecule has 0 bridgehead atoms. The minimum atomic E-state index is -0.0213. The van der Waals surface area contributed by atoms with E-state index >= 15 is 0 Å². The number of aromatic nitrogens is 3. The average molecular weight is 477 g/mol. The molecule has 0 fully saturated rings. The van der Waals surface area contributed by atoms with Crippen LogP contribution in [0.3, 0.4) is 0 Å². The van der Waals surface area contributed by atoms with Gasteiger partial charge in [-0.1, -0.05) is 73.9 Å². The van der Waals surface area contributed by atoms with Crippen molar-refractivity contribution in [2.24, 2.45) is 0 Å². The van der Waals surface area contributed by atoms with Crippen molar-refractivity contribution >= 4 is 40.9 Å². The maximum atomic E-state index is 12.2. The largest absolute Gasteiger partial charge is 0.355 e. The van der Waals surface area contributed by atoms with Crippen molar-refractivity contribution in [1.29, 1.82) is 0 Å². The highest BCUT2D eigenvalue weighted by Crippen LogP contribution is 2.35. The molecular weight excluding hydrogens is 451 g/mol. The first-order valence-electron chi connectivity index (χ1n) is 10.4. The highest BCUT2D eigenvalue weighted by molar-refractivity contribution is 7.99. The van der Waals surface area contributed by atoms with Crippen molar-refractivity contribution in [3.05, 3.63) is 57.6 Å². The second-order valence-corrected chi connectivity index (χ2v) is 8.82. The number of hydrogen-bond donors (Lipinski definition) is 1. The van der Waals surface area contributed by atoms with E-state index < -0.39 is 0 Å². The molecule has 31 heavy (non-hydrogen) atoms. The average Bonchev–Trinajstić information content (AvgIpc) is 3.18. The van der Waals surface area contributed by atoms with E-state index in [-0.39, 0.29) is 11.7 Å². The van der Waals surface area contributed by atoms with Crippen LogP contribution in [-0.4, -0.2) is 33.0 Å². The molecule has 0 aliphatic rings. The van der Waals surface area contributed by atoms with Crippen molar-refractivity contribution < 1.29 is 4.79 Å². The summed E-state index contributed by atoms with van der Waals surface area (Å²) in [5.41, 5.74) is 4.16. The smallest absolute Gasteiger partial charge is 0.230 e. The Bertz CT molecular complexity index is 1050. The van der Waals surface area contributed by atoms with Gasteiger partial charge in [0.25, 0.3) is 0 Å². The molecule has 0 atom stereocenters. The zero-order valence-electron chi connectivity index (χ0n) is 17.9. The fraction of sp³-hybridized carbons (Fsp3) is 0.348. The molecule has 0 saturated carbocycles. The van der Waals surface area contributed by atoms with E-state index in [1.807, 2.05) is 17.6 Å². The number of nitrogens with zero attached hydrogens (tertiary/aromatic N) is 3. The Hall–Kier alpha value is -2.02. The summed E-state index contributed by atoms with van der Waals surface area (Å²) in [6.45, 7) is 6.95. The second kappa shape index (κ2) is 11.0. The molecule has 0 saturated heterocycles. The van der Waals surface area contributed by atoms with Crippen molar-refractivity contribution in [1.82, 2.24) is 20.1 Å². The standard InChI is InChI=1S/C23H26Cl2N4OS/c1-4-12-26-20(30)14-31-23-28-27-22(18-11-10-17(24)13-19(18)25)29(23)21-15(5-2)8-7-9-16(21)6-3/h7-11,13H,4-6,12,14H2,1-3H3,(H,26,30). The van der Waals surface area contributed by atoms with Crippen LogP contribution in [0.1, 0.15) is 38.3 Å². The quantitative estimate of drug-likeness (QED) is 0.385. The Balaban J connectivity index is 2.14. The Labute approximate surface area is 197 Å². The Morgan fingerprint density at radius 3 is 2.39 bits per heavy atom. The molecule has 8 heteroatoms. The minimum Gasteiger partial charge on any atom is -0.355 e. The van der Waals surface area contributed by atoms with Gasteiger partial charge in [0.15, 0.2) is 11.0 Å². The van der Waals surface area contributed by atoms with Crippen molar-refractivity contribution in [3.63, 3.8) is 0 Å². The lowest BCUT2D eigenvalue weighted by Gasteiger charge is -2.18. The zero-order valence-corrected chi connectivity index (χ0v) is 20.2. The number of carbonyl (C=O) groups is 1. The van der Waals surface area contributed by atoms with Gasteiger partial charge >= 0.3 is 0 Å². The molecular formula is C23H26Cl2N4OS. The summed E-state index contributed by atoms with van der Waals surface area (Å²) in [5, 5.41) is 13.5. The molecule has 3 aromatic rings. The van der Waals surface area contributed by atoms with Gasteiger partial charge in [-0.3, -0.25) is 9.36 Å². The molecule has 0 unspecified atom stereocenters. The minimum absolute atomic E-state index is 0.0213. The van der Waals surface area contributed by atoms with Gasteiger partial charge in [-0.15, -0.1) is 10.2 Å². The summed E-state index contributed by atoms with van der Waals surface area (Å²) in [5.74, 6) is 0.878. The number of benzene rings is 2. The van der Waals surface area contributed by atoms with Crippen LogP contribution in [0, 0.1) is 0 Å². The molecule has 3 rings (SSSR count). The third-order valence-electron chi connectivity index (χ3n) is 4.90. The van der Waals surface area contributed by atoms with E-state index in [0.29, 0.717) is 27.6 Å². The van der Waals surface area contributed by atoms with E-state index in [9.17, 15) is 4.79 Å². The lowest BCUT2D eigenvalue weighted by Crippen LogP contribution is -2.25. The highest BCUT2D eigenvalue weighted by Gasteiger charge is 2.22. The molecule has 1 amide bonds. The van der Waals surface area contributed by atoms with Crippen LogP contribution in [0.5, 0.6) is 0 Å². The van der Waals surface area contributed by atoms with Crippen molar-refractivity contribution in [2.75, 3.05) is 12.3 Å². The van der Waals surface area contributed by atoms with Crippen LogP contribution in [0.4, 0.5) is 0 Å². The van der Waals surface area contributed by atoms with E-state index in [1.165, 1.54) is 22.9 Å². The van der Waals surface area contributed by atoms with Crippen molar-refractivity contribution in [3.8, 4) is 17.1 Å². The second-order valence-electron chi connectivity index (χ2n) is 7.04. The Morgan fingerprint density at radius 2 is 1.77 bits per heavy atom. The third kappa shape index (κ3) is 5.43. The Morgan fingerprint density at radius 1 is 1.06 bits per heavy atom. The highest BCUT2D eigenvalue weighted by atomic mass is 35.5. The summed E-state index contributed by atoms with van der Waals surface area (Å²) in [7, 11) is 0. The fourth-order valence-electron chi connectivity index (χ4n) is 3.36. The summed E-state index contributed by atoms with van der Waals surface area (Å²) in [6, 6.07) is 11.7.